The molecule has 0 radical (unpaired) electrons. The van der Waals surface area contributed by atoms with Gasteiger partial charge in [0.25, 0.3) is 0 Å². The van der Waals surface area contributed by atoms with E-state index in [1.807, 2.05) is 0 Å². The van der Waals surface area contributed by atoms with E-state index in [-0.39, 0.29) is 0 Å². The predicted octanol–water partition coefficient (Wildman–Crippen LogP) is 1.70. The first-order valence-electron chi connectivity index (χ1n) is 7.09. The molecule has 0 saturated heterocycles. The van der Waals surface area contributed by atoms with E-state index in [0.717, 1.165) is 11.3 Å². The van der Waals surface area contributed by atoms with Crippen LogP contribution in [0.1, 0.15) is 0 Å². The topological polar surface area (TPSA) is 29.9 Å². The minimum absolute atomic E-state index is 0.530. The van der Waals surface area contributed by atoms with E-state index in [9.17, 15) is 0 Å². The van der Waals surface area contributed by atoms with Gasteiger partial charge in [-0.1, -0.05) is 60.7 Å². The Morgan fingerprint density at radius 2 is 1.61 bits per heavy atom. The zero-order chi connectivity index (χ0) is 16.9. The third-order valence-electron chi connectivity index (χ3n) is 3.75. The maximum absolute atomic E-state index is 6.24. The van der Waals surface area contributed by atoms with Gasteiger partial charge >= 0.3 is 55.6 Å². The first-order chi connectivity index (χ1) is 11.0. The molecular weight excluding hydrogens is 661 g/mol. The number of anilines is 1. The summed E-state index contributed by atoms with van der Waals surface area (Å²) in [5, 5.41) is 2.38. The van der Waals surface area contributed by atoms with Gasteiger partial charge < -0.3 is 0 Å². The molecule has 0 bridgehead atoms. The van der Waals surface area contributed by atoms with Gasteiger partial charge in [-0.2, -0.15) is 0 Å². The van der Waals surface area contributed by atoms with Crippen molar-refractivity contribution < 1.29 is 17.8 Å². The summed E-state index contributed by atoms with van der Waals surface area (Å²) in [4.78, 5) is 0. The Morgan fingerprint density at radius 1 is 1.04 bits per heavy atom. The number of rotatable bonds is 3. The summed E-state index contributed by atoms with van der Waals surface area (Å²) in [5.41, 5.74) is 7.50. The van der Waals surface area contributed by atoms with Crippen LogP contribution in [-0.2, 0) is 6.17 Å². The van der Waals surface area contributed by atoms with E-state index >= 15 is 0 Å². The number of aromatic nitrogens is 1. The molecule has 7 heteroatoms. The van der Waals surface area contributed by atoms with Gasteiger partial charge in [-0.25, -0.2) is 4.57 Å². The van der Waals surface area contributed by atoms with Crippen LogP contribution in [0.25, 0.3) is 10.2 Å². The summed E-state index contributed by atoms with van der Waals surface area (Å²) in [6.45, 7) is 4.81. The summed E-state index contributed by atoms with van der Waals surface area (Å²) < 4.78 is 3.56. The fourth-order valence-corrected chi connectivity index (χ4v) is 6.04. The van der Waals surface area contributed by atoms with E-state index < -0.39 is 8.07 Å². The van der Waals surface area contributed by atoms with Crippen LogP contribution < -0.4 is 28.7 Å². The Kier molecular flexibility index (Phi) is 8.02. The fraction of sp³-hybridized carbons (Fsp3) is 0.188. The molecule has 1 heterocycles. The van der Waals surface area contributed by atoms with E-state index in [1.54, 1.807) is 11.3 Å². The average molecular weight is 680 g/mol. The normalized spacial score (nSPS) is 11.3. The molecular formula is C16H19I3N2SSi. The molecule has 0 aliphatic rings. The SMILES string of the molecule is C[Si](C)(C[n+]1c(N)sc2ccccc21)c1ccccc1.I[I-]I. The van der Waals surface area contributed by atoms with Crippen LogP contribution in [0, 0.1) is 0 Å². The van der Waals surface area contributed by atoms with Crippen molar-refractivity contribution in [2.24, 2.45) is 0 Å². The van der Waals surface area contributed by atoms with Crippen molar-refractivity contribution in [3.05, 3.63) is 54.6 Å². The molecule has 3 rings (SSSR count). The van der Waals surface area contributed by atoms with Gasteiger partial charge in [0.05, 0.1) is 10.9 Å². The van der Waals surface area contributed by atoms with Crippen LogP contribution in [-0.4, -0.2) is 8.07 Å². The fourth-order valence-electron chi connectivity index (χ4n) is 2.59. The quantitative estimate of drug-likeness (QED) is 0.255. The number of hydrogen-bond acceptors (Lipinski definition) is 2. The number of nitrogens with zero attached hydrogens (tertiary/aromatic N) is 1. The molecule has 2 nitrogen and oxygen atoms in total. The van der Waals surface area contributed by atoms with Crippen LogP contribution in [0.3, 0.4) is 0 Å². The van der Waals surface area contributed by atoms with Gasteiger partial charge in [-0.05, 0) is 23.5 Å². The minimum atomic E-state index is -1.54. The number of thiazole rings is 1. The van der Waals surface area contributed by atoms with Crippen LogP contribution in [0.15, 0.2) is 54.6 Å². The van der Waals surface area contributed by atoms with Gasteiger partial charge in [0.1, 0.15) is 13.6 Å². The van der Waals surface area contributed by atoms with E-state index in [2.05, 4.69) is 109 Å². The van der Waals surface area contributed by atoms with Crippen LogP contribution >= 0.6 is 48.6 Å². The van der Waals surface area contributed by atoms with E-state index in [4.69, 9.17) is 5.73 Å². The molecule has 2 aromatic carbocycles. The Labute approximate surface area is 172 Å². The Morgan fingerprint density at radius 3 is 2.26 bits per heavy atom. The van der Waals surface area contributed by atoms with Gasteiger partial charge in [0.15, 0.2) is 0 Å². The molecule has 124 valence electrons. The van der Waals surface area contributed by atoms with Crippen molar-refractivity contribution in [3.63, 3.8) is 0 Å². The summed E-state index contributed by atoms with van der Waals surface area (Å²) in [5.74, 6) is 0. The summed E-state index contributed by atoms with van der Waals surface area (Å²) >= 11 is 6.98. The number of hydrogen-bond donors (Lipinski definition) is 1. The second kappa shape index (κ2) is 9.29. The van der Waals surface area contributed by atoms with Crippen LogP contribution in [0.2, 0.25) is 13.1 Å². The maximum atomic E-state index is 6.24. The van der Waals surface area contributed by atoms with Gasteiger partial charge in [0.2, 0.25) is 0 Å². The van der Waals surface area contributed by atoms with Crippen molar-refractivity contribution in [2.75, 3.05) is 5.73 Å². The zero-order valence-corrected chi connectivity index (χ0v) is 21.3. The summed E-state index contributed by atoms with van der Waals surface area (Å²) in [6, 6.07) is 19.3. The second-order valence-corrected chi connectivity index (χ2v) is 27.8. The van der Waals surface area contributed by atoms with Gasteiger partial charge in [-0.3, -0.25) is 5.73 Å². The average Bonchev–Trinajstić information content (AvgIpc) is 2.85. The summed E-state index contributed by atoms with van der Waals surface area (Å²) in [7, 11) is -1.54. The third-order valence-corrected chi connectivity index (χ3v) is 7.74. The standard InChI is InChI=1S/C16H18N2SSi.I3/c1-20(2,13-8-4-3-5-9-13)12-18-14-10-6-7-11-15(14)19-16(18)17;1-3-2/h3-11,17H,12H2,1-2H3;/q;-1/p+1. The van der Waals surface area contributed by atoms with Gasteiger partial charge in [-0.15, -0.1) is 0 Å². The Hall–Kier alpha value is 0.537. The molecule has 2 N–H and O–H groups in total. The number of halogens is 3. The Balaban J connectivity index is 0.000000595. The first kappa shape index (κ1) is 19.9. The second-order valence-electron chi connectivity index (χ2n) is 5.80. The molecule has 0 fully saturated rings. The number of para-hydroxylation sites is 1. The number of nitrogens with two attached hydrogens (primary N) is 1. The van der Waals surface area contributed by atoms with Crippen molar-refractivity contribution in [3.8, 4) is 0 Å². The molecule has 1 aromatic heterocycles. The van der Waals surface area contributed by atoms with E-state index in [0.29, 0.717) is 13.3 Å². The number of nitrogen functional groups attached to an aromatic ring is 1. The molecule has 0 atom stereocenters. The van der Waals surface area contributed by atoms with Crippen LogP contribution in [0.4, 0.5) is 5.13 Å². The van der Waals surface area contributed by atoms with Crippen molar-refractivity contribution in [2.45, 2.75) is 19.3 Å². The van der Waals surface area contributed by atoms with Crippen molar-refractivity contribution in [1.29, 1.82) is 0 Å². The summed E-state index contributed by atoms with van der Waals surface area (Å²) in [6.07, 6.45) is 1.02. The number of benzene rings is 2. The van der Waals surface area contributed by atoms with Crippen molar-refractivity contribution in [1.82, 2.24) is 0 Å². The predicted molar refractivity (Wildman–Crippen MR) is 118 cm³/mol. The molecule has 0 spiro atoms. The van der Waals surface area contributed by atoms with E-state index in [1.165, 1.54) is 15.4 Å². The Bertz CT molecular complexity index is 762. The van der Waals surface area contributed by atoms with Crippen LogP contribution in [0.5, 0.6) is 0 Å². The first-order valence-corrected chi connectivity index (χ1v) is 23.7. The molecule has 23 heavy (non-hydrogen) atoms. The van der Waals surface area contributed by atoms with Crippen molar-refractivity contribution >= 4 is 77.2 Å². The zero-order valence-electron chi connectivity index (χ0n) is 13.0. The molecule has 0 amide bonds. The van der Waals surface area contributed by atoms with Gasteiger partial charge in [0, 0.05) is 0 Å². The number of fused-ring (bicyclic) bond motifs is 1. The monoisotopic (exact) mass is 680 g/mol. The molecule has 0 unspecified atom stereocenters. The molecule has 0 aliphatic carbocycles. The molecule has 3 aromatic rings. The molecule has 0 saturated carbocycles. The molecule has 0 aliphatic heterocycles. The third kappa shape index (κ3) is 5.25.